The molecule has 3 aromatic rings. The quantitative estimate of drug-likeness (QED) is 0.775. The van der Waals surface area contributed by atoms with E-state index in [0.29, 0.717) is 0 Å². The van der Waals surface area contributed by atoms with E-state index in [9.17, 15) is 4.79 Å². The van der Waals surface area contributed by atoms with Crippen molar-refractivity contribution in [3.8, 4) is 0 Å². The number of pyridine rings is 2. The molecule has 0 fully saturated rings. The lowest BCUT2D eigenvalue weighted by molar-refractivity contribution is 0.830. The number of benzene rings is 1. The summed E-state index contributed by atoms with van der Waals surface area (Å²) in [7, 11) is 1.79. The molecule has 0 aliphatic heterocycles. The Bertz CT molecular complexity index is 822. The van der Waals surface area contributed by atoms with Crippen molar-refractivity contribution in [2.45, 2.75) is 6.92 Å². The van der Waals surface area contributed by atoms with Gasteiger partial charge in [-0.25, -0.2) is 4.98 Å². The Morgan fingerprint density at radius 3 is 2.75 bits per heavy atom. The van der Waals surface area contributed by atoms with Crippen molar-refractivity contribution in [1.29, 1.82) is 0 Å². The third-order valence-corrected chi connectivity index (χ3v) is 3.42. The van der Waals surface area contributed by atoms with Gasteiger partial charge in [-0.1, -0.05) is 6.07 Å². The van der Waals surface area contributed by atoms with Crippen molar-refractivity contribution in [1.82, 2.24) is 9.55 Å². The first-order valence-corrected chi connectivity index (χ1v) is 6.43. The van der Waals surface area contributed by atoms with Gasteiger partial charge in [-0.3, -0.25) is 4.79 Å². The standard InChI is InChI=1S/C16H15N3O/c1-11-9-12-10-13(18-15-5-3-4-8-17-15)6-7-14(12)16(20)19(11)2/h3-10H,1-2H3,(H,17,18). The molecule has 4 nitrogen and oxygen atoms in total. The smallest absolute Gasteiger partial charge is 0.258 e. The third kappa shape index (κ3) is 2.16. The fourth-order valence-electron chi connectivity index (χ4n) is 2.20. The maximum Gasteiger partial charge on any atom is 0.258 e. The first-order chi connectivity index (χ1) is 9.65. The zero-order valence-electron chi connectivity index (χ0n) is 11.4. The second kappa shape index (κ2) is 4.81. The van der Waals surface area contributed by atoms with E-state index in [2.05, 4.69) is 10.3 Å². The predicted octanol–water partition coefficient (Wildman–Crippen LogP) is 2.99. The second-order valence-electron chi connectivity index (χ2n) is 4.79. The van der Waals surface area contributed by atoms with Crippen LogP contribution in [-0.4, -0.2) is 9.55 Å². The summed E-state index contributed by atoms with van der Waals surface area (Å²) in [5.74, 6) is 0.785. The number of anilines is 2. The van der Waals surface area contributed by atoms with E-state index in [-0.39, 0.29) is 5.56 Å². The number of nitrogens with one attached hydrogen (secondary N) is 1. The number of hydrogen-bond donors (Lipinski definition) is 1. The number of aryl methyl sites for hydroxylation is 1. The highest BCUT2D eigenvalue weighted by Crippen LogP contribution is 2.20. The minimum atomic E-state index is 0.0318. The molecule has 0 aliphatic carbocycles. The van der Waals surface area contributed by atoms with E-state index in [1.165, 1.54) is 0 Å². The fraction of sp³-hybridized carbons (Fsp3) is 0.125. The first-order valence-electron chi connectivity index (χ1n) is 6.43. The van der Waals surface area contributed by atoms with Crippen LogP contribution < -0.4 is 10.9 Å². The highest BCUT2D eigenvalue weighted by Gasteiger charge is 2.04. The fourth-order valence-corrected chi connectivity index (χ4v) is 2.20. The highest BCUT2D eigenvalue weighted by atomic mass is 16.1. The molecule has 1 aromatic carbocycles. The van der Waals surface area contributed by atoms with Crippen molar-refractivity contribution in [3.63, 3.8) is 0 Å². The van der Waals surface area contributed by atoms with E-state index < -0.39 is 0 Å². The van der Waals surface area contributed by atoms with E-state index in [0.717, 1.165) is 28.0 Å². The molecule has 0 bridgehead atoms. The summed E-state index contributed by atoms with van der Waals surface area (Å²) in [5, 5.41) is 4.89. The van der Waals surface area contributed by atoms with E-state index >= 15 is 0 Å². The zero-order chi connectivity index (χ0) is 14.1. The van der Waals surface area contributed by atoms with Gasteiger partial charge in [-0.15, -0.1) is 0 Å². The Labute approximate surface area is 116 Å². The molecule has 0 aliphatic rings. The van der Waals surface area contributed by atoms with Crippen molar-refractivity contribution >= 4 is 22.3 Å². The van der Waals surface area contributed by atoms with E-state index in [1.807, 2.05) is 49.4 Å². The number of hydrogen-bond acceptors (Lipinski definition) is 3. The monoisotopic (exact) mass is 265 g/mol. The molecule has 0 amide bonds. The van der Waals surface area contributed by atoms with Crippen LogP contribution >= 0.6 is 0 Å². The van der Waals surface area contributed by atoms with Crippen molar-refractivity contribution < 1.29 is 0 Å². The van der Waals surface area contributed by atoms with E-state index in [1.54, 1.807) is 17.8 Å². The lowest BCUT2D eigenvalue weighted by Gasteiger charge is -2.09. The first kappa shape index (κ1) is 12.4. The number of aromatic nitrogens is 2. The average molecular weight is 265 g/mol. The van der Waals surface area contributed by atoms with Crippen LogP contribution in [0.3, 0.4) is 0 Å². The van der Waals surface area contributed by atoms with Gasteiger partial charge in [0.1, 0.15) is 5.82 Å². The molecular weight excluding hydrogens is 250 g/mol. The molecule has 0 atom stereocenters. The topological polar surface area (TPSA) is 46.9 Å². The molecule has 2 aromatic heterocycles. The summed E-state index contributed by atoms with van der Waals surface area (Å²) < 4.78 is 1.66. The highest BCUT2D eigenvalue weighted by molar-refractivity contribution is 5.86. The Morgan fingerprint density at radius 2 is 2.00 bits per heavy atom. The van der Waals surface area contributed by atoms with Crippen LogP contribution in [0.1, 0.15) is 5.69 Å². The maximum absolute atomic E-state index is 12.1. The van der Waals surface area contributed by atoms with Gasteiger partial charge < -0.3 is 9.88 Å². The molecule has 0 saturated heterocycles. The van der Waals surface area contributed by atoms with Gasteiger partial charge in [0.25, 0.3) is 5.56 Å². The minimum Gasteiger partial charge on any atom is -0.340 e. The van der Waals surface area contributed by atoms with Gasteiger partial charge in [-0.05, 0) is 48.7 Å². The summed E-state index contributed by atoms with van der Waals surface area (Å²) in [6.07, 6.45) is 1.74. The minimum absolute atomic E-state index is 0.0318. The third-order valence-electron chi connectivity index (χ3n) is 3.42. The van der Waals surface area contributed by atoms with E-state index in [4.69, 9.17) is 0 Å². The molecule has 0 spiro atoms. The number of nitrogens with zero attached hydrogens (tertiary/aromatic N) is 2. The van der Waals surface area contributed by atoms with Gasteiger partial charge in [-0.2, -0.15) is 0 Å². The number of rotatable bonds is 2. The second-order valence-corrected chi connectivity index (χ2v) is 4.79. The summed E-state index contributed by atoms with van der Waals surface area (Å²) in [5.41, 5.74) is 1.89. The van der Waals surface area contributed by atoms with Crippen LogP contribution in [0.5, 0.6) is 0 Å². The lowest BCUT2D eigenvalue weighted by atomic mass is 10.1. The van der Waals surface area contributed by atoms with Crippen LogP contribution in [-0.2, 0) is 7.05 Å². The molecule has 0 radical (unpaired) electrons. The van der Waals surface area contributed by atoms with Crippen LogP contribution in [0.4, 0.5) is 11.5 Å². The SMILES string of the molecule is Cc1cc2cc(Nc3ccccn3)ccc2c(=O)n1C. The van der Waals surface area contributed by atoms with Gasteiger partial charge in [0, 0.05) is 30.0 Å². The van der Waals surface area contributed by atoms with Gasteiger partial charge in [0.2, 0.25) is 0 Å². The molecular formula is C16H15N3O. The molecule has 0 saturated carbocycles. The maximum atomic E-state index is 12.1. The Hall–Kier alpha value is -2.62. The van der Waals surface area contributed by atoms with Gasteiger partial charge in [0.05, 0.1) is 0 Å². The summed E-state index contributed by atoms with van der Waals surface area (Å²) in [6, 6.07) is 13.4. The largest absolute Gasteiger partial charge is 0.340 e. The van der Waals surface area contributed by atoms with Crippen LogP contribution in [0.15, 0.2) is 53.5 Å². The average Bonchev–Trinajstić information content (AvgIpc) is 2.46. The van der Waals surface area contributed by atoms with Gasteiger partial charge in [0.15, 0.2) is 0 Å². The van der Waals surface area contributed by atoms with Gasteiger partial charge >= 0.3 is 0 Å². The van der Waals surface area contributed by atoms with Crippen molar-refractivity contribution in [2.75, 3.05) is 5.32 Å². The molecule has 2 heterocycles. The zero-order valence-corrected chi connectivity index (χ0v) is 11.4. The van der Waals surface area contributed by atoms with Crippen LogP contribution in [0, 0.1) is 6.92 Å². The van der Waals surface area contributed by atoms with Crippen LogP contribution in [0.2, 0.25) is 0 Å². The normalized spacial score (nSPS) is 10.7. The summed E-state index contributed by atoms with van der Waals surface area (Å²) >= 11 is 0. The summed E-state index contributed by atoms with van der Waals surface area (Å²) in [6.45, 7) is 1.93. The molecule has 3 rings (SSSR count). The number of fused-ring (bicyclic) bond motifs is 1. The molecule has 20 heavy (non-hydrogen) atoms. The molecule has 1 N–H and O–H groups in total. The van der Waals surface area contributed by atoms with Crippen molar-refractivity contribution in [3.05, 3.63) is 64.7 Å². The molecule has 100 valence electrons. The molecule has 0 unspecified atom stereocenters. The summed E-state index contributed by atoms with van der Waals surface area (Å²) in [4.78, 5) is 16.4. The predicted molar refractivity (Wildman–Crippen MR) is 81.4 cm³/mol. The Kier molecular flexibility index (Phi) is 2.99. The Morgan fingerprint density at radius 1 is 1.15 bits per heavy atom. The Balaban J connectivity index is 2.07. The van der Waals surface area contributed by atoms with Crippen LogP contribution in [0.25, 0.3) is 10.8 Å². The lowest BCUT2D eigenvalue weighted by Crippen LogP contribution is -2.18. The van der Waals surface area contributed by atoms with Crippen molar-refractivity contribution in [2.24, 2.45) is 7.05 Å². The molecule has 4 heteroatoms.